The number of hydrogen-bond donors (Lipinski definition) is 0. The van der Waals surface area contributed by atoms with Crippen LogP contribution in [0.25, 0.3) is 0 Å². The van der Waals surface area contributed by atoms with Crippen molar-refractivity contribution in [3.05, 3.63) is 28.5 Å². The maximum Gasteiger partial charge on any atom is 0.0789 e. The fourth-order valence-corrected chi connectivity index (χ4v) is 0.973. The van der Waals surface area contributed by atoms with Gasteiger partial charge < -0.3 is 0 Å². The van der Waals surface area contributed by atoms with Gasteiger partial charge in [0.25, 0.3) is 0 Å². The van der Waals surface area contributed by atoms with E-state index in [-0.39, 0.29) is 6.42 Å². The molecule has 1 aromatic rings. The normalized spacial score (nSPS) is 9.18. The molecule has 0 N–H and O–H groups in total. The number of aromatic nitrogens is 1. The van der Waals surface area contributed by atoms with Gasteiger partial charge in [0.1, 0.15) is 0 Å². The summed E-state index contributed by atoms with van der Waals surface area (Å²) in [5, 5.41) is 8.99. The van der Waals surface area contributed by atoms with Crippen LogP contribution in [0.15, 0.2) is 12.3 Å². The van der Waals surface area contributed by atoms with E-state index < -0.39 is 0 Å². The van der Waals surface area contributed by atoms with Gasteiger partial charge in [-0.1, -0.05) is 11.6 Å². The summed E-state index contributed by atoms with van der Waals surface area (Å²) in [6, 6.07) is 3.83. The summed E-state index contributed by atoms with van der Waals surface area (Å²) >= 11 is 5.86. The monoisotopic (exact) mass is 166 g/mol. The predicted octanol–water partition coefficient (Wildman–Crippen LogP) is 2.11. The van der Waals surface area contributed by atoms with Crippen molar-refractivity contribution in [1.82, 2.24) is 4.98 Å². The van der Waals surface area contributed by atoms with E-state index in [0.29, 0.717) is 10.7 Å². The van der Waals surface area contributed by atoms with Gasteiger partial charge in [0.2, 0.25) is 0 Å². The van der Waals surface area contributed by atoms with Crippen LogP contribution in [0.3, 0.4) is 0 Å². The Hall–Kier alpha value is -1.07. The second-order valence-corrected chi connectivity index (χ2v) is 2.60. The summed E-state index contributed by atoms with van der Waals surface area (Å²) in [6.45, 7) is 1.89. The second kappa shape index (κ2) is 3.36. The minimum Gasteiger partial charge on any atom is -0.259 e. The molecule has 0 saturated heterocycles. The van der Waals surface area contributed by atoms with E-state index in [4.69, 9.17) is 16.9 Å². The van der Waals surface area contributed by atoms with Gasteiger partial charge >= 0.3 is 0 Å². The Morgan fingerprint density at radius 1 is 1.73 bits per heavy atom. The maximum atomic E-state index is 8.39. The van der Waals surface area contributed by atoms with Crippen LogP contribution in [0.1, 0.15) is 11.3 Å². The van der Waals surface area contributed by atoms with Crippen LogP contribution < -0.4 is 0 Å². The molecule has 0 bridgehead atoms. The van der Waals surface area contributed by atoms with Crippen molar-refractivity contribution in [1.29, 1.82) is 5.26 Å². The Bertz CT molecular complexity index is 301. The Morgan fingerprint density at radius 3 is 3.09 bits per heavy atom. The zero-order valence-electron chi connectivity index (χ0n) is 6.13. The van der Waals surface area contributed by atoms with E-state index in [9.17, 15) is 0 Å². The van der Waals surface area contributed by atoms with E-state index in [0.717, 1.165) is 5.56 Å². The van der Waals surface area contributed by atoms with Crippen LogP contribution in [-0.2, 0) is 6.42 Å². The van der Waals surface area contributed by atoms with Crippen LogP contribution in [-0.4, -0.2) is 4.98 Å². The van der Waals surface area contributed by atoms with E-state index in [2.05, 4.69) is 4.98 Å². The number of aryl methyl sites for hydroxylation is 1. The van der Waals surface area contributed by atoms with E-state index in [1.165, 1.54) is 0 Å². The first-order chi connectivity index (χ1) is 5.25. The van der Waals surface area contributed by atoms with Crippen molar-refractivity contribution in [2.45, 2.75) is 13.3 Å². The number of hydrogen-bond acceptors (Lipinski definition) is 2. The number of halogens is 1. The van der Waals surface area contributed by atoms with Gasteiger partial charge in [-0.05, 0) is 18.6 Å². The van der Waals surface area contributed by atoms with Crippen molar-refractivity contribution in [3.8, 4) is 6.07 Å². The summed E-state index contributed by atoms with van der Waals surface area (Å²) in [4.78, 5) is 3.97. The standard InChI is InChI=1S/C8H7ClN2/c1-6-3-5-11-7(2-4-10)8(6)9/h3,5H,2H2,1H3. The van der Waals surface area contributed by atoms with Crippen LogP contribution >= 0.6 is 11.6 Å². The number of nitrogens with zero attached hydrogens (tertiary/aromatic N) is 2. The maximum absolute atomic E-state index is 8.39. The zero-order valence-corrected chi connectivity index (χ0v) is 6.89. The van der Waals surface area contributed by atoms with Gasteiger partial charge in [0.15, 0.2) is 0 Å². The summed E-state index contributed by atoms with van der Waals surface area (Å²) in [7, 11) is 0. The summed E-state index contributed by atoms with van der Waals surface area (Å²) < 4.78 is 0. The Kier molecular flexibility index (Phi) is 2.45. The molecule has 1 aromatic heterocycles. The average molecular weight is 167 g/mol. The van der Waals surface area contributed by atoms with Gasteiger partial charge in [0, 0.05) is 6.20 Å². The van der Waals surface area contributed by atoms with Crippen LogP contribution in [0.4, 0.5) is 0 Å². The molecule has 2 nitrogen and oxygen atoms in total. The third kappa shape index (κ3) is 1.69. The molecule has 56 valence electrons. The quantitative estimate of drug-likeness (QED) is 0.641. The topological polar surface area (TPSA) is 36.7 Å². The molecule has 0 spiro atoms. The lowest BCUT2D eigenvalue weighted by molar-refractivity contribution is 1.10. The van der Waals surface area contributed by atoms with Crippen molar-refractivity contribution in [2.75, 3.05) is 0 Å². The highest BCUT2D eigenvalue weighted by atomic mass is 35.5. The molecule has 0 aromatic carbocycles. The largest absolute Gasteiger partial charge is 0.259 e. The van der Waals surface area contributed by atoms with E-state index in [1.54, 1.807) is 6.20 Å². The molecule has 0 radical (unpaired) electrons. The fraction of sp³-hybridized carbons (Fsp3) is 0.250. The Morgan fingerprint density at radius 2 is 2.45 bits per heavy atom. The third-order valence-electron chi connectivity index (χ3n) is 1.40. The lowest BCUT2D eigenvalue weighted by Gasteiger charge is -1.99. The highest BCUT2D eigenvalue weighted by Crippen LogP contribution is 2.17. The molecule has 0 aliphatic rings. The molecule has 3 heteroatoms. The molecule has 0 atom stereocenters. The van der Waals surface area contributed by atoms with Gasteiger partial charge in [-0.3, -0.25) is 4.98 Å². The minimum absolute atomic E-state index is 0.278. The lowest BCUT2D eigenvalue weighted by atomic mass is 10.2. The Labute approximate surface area is 70.4 Å². The first kappa shape index (κ1) is 8.03. The molecular weight excluding hydrogens is 160 g/mol. The van der Waals surface area contributed by atoms with E-state index >= 15 is 0 Å². The summed E-state index contributed by atoms with van der Waals surface area (Å²) in [5.74, 6) is 0. The van der Waals surface area contributed by atoms with Crippen LogP contribution in [0.5, 0.6) is 0 Å². The van der Waals surface area contributed by atoms with Crippen molar-refractivity contribution in [3.63, 3.8) is 0 Å². The van der Waals surface area contributed by atoms with E-state index in [1.807, 2.05) is 19.1 Å². The molecular formula is C8H7ClN2. The highest BCUT2D eigenvalue weighted by Gasteiger charge is 2.02. The molecule has 0 aliphatic heterocycles. The predicted molar refractivity (Wildman–Crippen MR) is 43.3 cm³/mol. The second-order valence-electron chi connectivity index (χ2n) is 2.22. The molecule has 1 rings (SSSR count). The molecule has 0 unspecified atom stereocenters. The zero-order chi connectivity index (χ0) is 8.27. The van der Waals surface area contributed by atoms with Gasteiger partial charge in [0.05, 0.1) is 23.2 Å². The first-order valence-corrected chi connectivity index (χ1v) is 3.60. The molecule has 11 heavy (non-hydrogen) atoms. The van der Waals surface area contributed by atoms with Crippen molar-refractivity contribution < 1.29 is 0 Å². The number of nitriles is 1. The third-order valence-corrected chi connectivity index (χ3v) is 1.92. The van der Waals surface area contributed by atoms with Crippen LogP contribution in [0, 0.1) is 18.3 Å². The summed E-state index contributed by atoms with van der Waals surface area (Å²) in [5.41, 5.74) is 1.63. The van der Waals surface area contributed by atoms with Gasteiger partial charge in [-0.2, -0.15) is 5.26 Å². The van der Waals surface area contributed by atoms with Gasteiger partial charge in [-0.15, -0.1) is 0 Å². The Balaban J connectivity index is 3.08. The van der Waals surface area contributed by atoms with Crippen LogP contribution in [0.2, 0.25) is 5.02 Å². The van der Waals surface area contributed by atoms with Crippen molar-refractivity contribution in [2.24, 2.45) is 0 Å². The van der Waals surface area contributed by atoms with Crippen molar-refractivity contribution >= 4 is 11.6 Å². The lowest BCUT2D eigenvalue weighted by Crippen LogP contribution is -1.90. The molecule has 1 heterocycles. The average Bonchev–Trinajstić information content (AvgIpc) is 1.99. The molecule has 0 aliphatic carbocycles. The number of rotatable bonds is 1. The molecule has 0 amide bonds. The first-order valence-electron chi connectivity index (χ1n) is 3.22. The minimum atomic E-state index is 0.278. The van der Waals surface area contributed by atoms with Gasteiger partial charge in [-0.25, -0.2) is 0 Å². The number of pyridine rings is 1. The highest BCUT2D eigenvalue weighted by molar-refractivity contribution is 6.31. The summed E-state index contributed by atoms with van der Waals surface area (Å²) in [6.07, 6.45) is 1.94. The fourth-order valence-electron chi connectivity index (χ4n) is 0.795. The smallest absolute Gasteiger partial charge is 0.0789 e. The molecule has 0 fully saturated rings. The SMILES string of the molecule is Cc1ccnc(CC#N)c1Cl. The molecule has 0 saturated carbocycles.